The third-order valence-corrected chi connectivity index (χ3v) is 7.44. The lowest BCUT2D eigenvalue weighted by molar-refractivity contribution is -0.121. The van der Waals surface area contributed by atoms with Gasteiger partial charge in [-0.1, -0.05) is 48.4 Å². The molecule has 3 rings (SSSR count). The first-order chi connectivity index (χ1) is 18.2. The van der Waals surface area contributed by atoms with E-state index in [-0.39, 0.29) is 11.4 Å². The van der Waals surface area contributed by atoms with Gasteiger partial charge in [0.2, 0.25) is 10.0 Å². The molecule has 0 radical (unpaired) electrons. The molecule has 3 aromatic rings. The van der Waals surface area contributed by atoms with Crippen molar-refractivity contribution in [2.45, 2.75) is 38.6 Å². The monoisotopic (exact) mass is 557 g/mol. The van der Waals surface area contributed by atoms with Crippen LogP contribution in [0.15, 0.2) is 76.7 Å². The third kappa shape index (κ3) is 8.31. The molecular weight excluding hydrogens is 526 g/mol. The summed E-state index contributed by atoms with van der Waals surface area (Å²) < 4.78 is 39.2. The summed E-state index contributed by atoms with van der Waals surface area (Å²) in [6.45, 7) is 6.47. The minimum Gasteiger partial charge on any atom is -0.490 e. The number of nitrogens with zero attached hydrogens (tertiary/aromatic N) is 2. The molecule has 0 spiro atoms. The van der Waals surface area contributed by atoms with Crippen LogP contribution in [0.3, 0.4) is 0 Å². The van der Waals surface area contributed by atoms with Gasteiger partial charge in [0.25, 0.3) is 5.91 Å². The van der Waals surface area contributed by atoms with Crippen molar-refractivity contribution >= 4 is 33.7 Å². The molecule has 0 aliphatic heterocycles. The van der Waals surface area contributed by atoms with Gasteiger partial charge in [-0.2, -0.15) is 9.41 Å². The van der Waals surface area contributed by atoms with Gasteiger partial charge in [0, 0.05) is 11.6 Å². The molecule has 1 N–H and O–H groups in total. The first-order valence-corrected chi connectivity index (χ1v) is 14.1. The van der Waals surface area contributed by atoms with Gasteiger partial charge in [-0.05, 0) is 73.9 Å². The largest absolute Gasteiger partial charge is 0.490 e. The first-order valence-electron chi connectivity index (χ1n) is 12.3. The maximum absolute atomic E-state index is 13.4. The predicted octanol–water partition coefficient (Wildman–Crippen LogP) is 5.18. The minimum absolute atomic E-state index is 0.0132. The number of hydrazone groups is 1. The van der Waals surface area contributed by atoms with E-state index in [1.54, 1.807) is 18.2 Å². The molecular formula is C28H32ClN3O5S. The number of aryl methyl sites for hydroxylation is 1. The average Bonchev–Trinajstić information content (AvgIpc) is 2.89. The molecule has 0 fully saturated rings. The molecule has 202 valence electrons. The van der Waals surface area contributed by atoms with Crippen LogP contribution in [0.5, 0.6) is 11.5 Å². The SMILES string of the molecule is CCCOc1ccc(/C=N\NC(=O)CN(Cc2ccc(C)cc2)S(=O)(=O)c2ccc(Cl)cc2)cc1OCC. The van der Waals surface area contributed by atoms with Crippen molar-refractivity contribution < 1.29 is 22.7 Å². The lowest BCUT2D eigenvalue weighted by atomic mass is 10.1. The fourth-order valence-corrected chi connectivity index (χ4v) is 4.97. The summed E-state index contributed by atoms with van der Waals surface area (Å²) >= 11 is 5.93. The van der Waals surface area contributed by atoms with Gasteiger partial charge in [0.05, 0.1) is 30.9 Å². The minimum atomic E-state index is -3.99. The highest BCUT2D eigenvalue weighted by Crippen LogP contribution is 2.28. The van der Waals surface area contributed by atoms with Gasteiger partial charge >= 0.3 is 0 Å². The quantitative estimate of drug-likeness (QED) is 0.231. The lowest BCUT2D eigenvalue weighted by Gasteiger charge is -2.21. The Morgan fingerprint density at radius 2 is 1.71 bits per heavy atom. The highest BCUT2D eigenvalue weighted by Gasteiger charge is 2.27. The summed E-state index contributed by atoms with van der Waals surface area (Å²) in [5.74, 6) is 0.627. The van der Waals surface area contributed by atoms with Gasteiger partial charge in [-0.25, -0.2) is 13.8 Å². The van der Waals surface area contributed by atoms with Crippen LogP contribution in [0.2, 0.25) is 5.02 Å². The number of nitrogens with one attached hydrogen (secondary N) is 1. The number of benzene rings is 3. The molecule has 3 aromatic carbocycles. The Kier molecular flexibility index (Phi) is 10.7. The Bertz CT molecular complexity index is 1340. The Hall–Kier alpha value is -3.40. The number of hydrogen-bond acceptors (Lipinski definition) is 6. The van der Waals surface area contributed by atoms with Crippen LogP contribution in [0.25, 0.3) is 0 Å². The van der Waals surface area contributed by atoms with E-state index < -0.39 is 22.5 Å². The van der Waals surface area contributed by atoms with Crippen LogP contribution < -0.4 is 14.9 Å². The van der Waals surface area contributed by atoms with Gasteiger partial charge in [0.15, 0.2) is 11.5 Å². The highest BCUT2D eigenvalue weighted by atomic mass is 35.5. The van der Waals surface area contributed by atoms with Crippen LogP contribution in [0, 0.1) is 6.92 Å². The maximum atomic E-state index is 13.4. The van der Waals surface area contributed by atoms with Crippen LogP contribution in [0.4, 0.5) is 0 Å². The number of hydrogen-bond donors (Lipinski definition) is 1. The van der Waals surface area contributed by atoms with E-state index >= 15 is 0 Å². The van der Waals surface area contributed by atoms with Gasteiger partial charge in [0.1, 0.15) is 0 Å². The fourth-order valence-electron chi connectivity index (χ4n) is 3.46. The molecule has 0 heterocycles. The smallest absolute Gasteiger partial charge is 0.255 e. The normalized spacial score (nSPS) is 11.6. The van der Waals surface area contributed by atoms with E-state index in [9.17, 15) is 13.2 Å². The second kappa shape index (κ2) is 13.9. The number of rotatable bonds is 13. The van der Waals surface area contributed by atoms with E-state index in [0.29, 0.717) is 35.3 Å². The second-order valence-corrected chi connectivity index (χ2v) is 10.9. The zero-order valence-corrected chi connectivity index (χ0v) is 23.3. The summed E-state index contributed by atoms with van der Waals surface area (Å²) in [5, 5.41) is 4.43. The summed E-state index contributed by atoms with van der Waals surface area (Å²) in [5.41, 5.74) is 4.90. The second-order valence-electron chi connectivity index (χ2n) is 8.49. The van der Waals surface area contributed by atoms with E-state index in [4.69, 9.17) is 21.1 Å². The van der Waals surface area contributed by atoms with Crippen LogP contribution in [-0.2, 0) is 21.4 Å². The van der Waals surface area contributed by atoms with Crippen molar-refractivity contribution in [2.75, 3.05) is 19.8 Å². The molecule has 1 amide bonds. The van der Waals surface area contributed by atoms with Crippen LogP contribution in [-0.4, -0.2) is 44.6 Å². The van der Waals surface area contributed by atoms with E-state index in [2.05, 4.69) is 10.5 Å². The number of sulfonamides is 1. The molecule has 0 aliphatic rings. The Balaban J connectivity index is 1.75. The topological polar surface area (TPSA) is 97.3 Å². The summed E-state index contributed by atoms with van der Waals surface area (Å²) in [6, 6.07) is 18.6. The average molecular weight is 558 g/mol. The summed E-state index contributed by atoms with van der Waals surface area (Å²) in [7, 11) is -3.99. The van der Waals surface area contributed by atoms with E-state index in [1.165, 1.54) is 30.5 Å². The summed E-state index contributed by atoms with van der Waals surface area (Å²) in [6.07, 6.45) is 2.33. The number of ether oxygens (including phenoxy) is 2. The Labute approximate surface area is 229 Å². The van der Waals surface area contributed by atoms with E-state index in [0.717, 1.165) is 21.9 Å². The zero-order chi connectivity index (χ0) is 27.5. The fraction of sp³-hybridized carbons (Fsp3) is 0.286. The molecule has 0 aliphatic carbocycles. The number of amides is 1. The number of carbonyl (C=O) groups is 1. The third-order valence-electron chi connectivity index (χ3n) is 5.38. The molecule has 0 saturated carbocycles. The maximum Gasteiger partial charge on any atom is 0.255 e. The van der Waals surface area contributed by atoms with Gasteiger partial charge in [-0.15, -0.1) is 0 Å². The van der Waals surface area contributed by atoms with Gasteiger partial charge in [-0.3, -0.25) is 4.79 Å². The van der Waals surface area contributed by atoms with E-state index in [1.807, 2.05) is 45.0 Å². The molecule has 0 unspecified atom stereocenters. The molecule has 8 nitrogen and oxygen atoms in total. The molecule has 0 saturated heterocycles. The van der Waals surface area contributed by atoms with Crippen molar-refractivity contribution in [3.05, 3.63) is 88.4 Å². The zero-order valence-electron chi connectivity index (χ0n) is 21.7. The van der Waals surface area contributed by atoms with Crippen molar-refractivity contribution in [3.63, 3.8) is 0 Å². The standard InChI is InChI=1S/C28H32ClN3O5S/c1-4-16-37-26-15-10-23(17-27(26)36-5-2)18-30-31-28(33)20-32(19-22-8-6-21(3)7-9-22)38(34,35)25-13-11-24(29)12-14-25/h6-15,17-18H,4-5,16,19-20H2,1-3H3,(H,31,33)/b30-18-. The highest BCUT2D eigenvalue weighted by molar-refractivity contribution is 7.89. The van der Waals surface area contributed by atoms with Crippen LogP contribution >= 0.6 is 11.6 Å². The van der Waals surface area contributed by atoms with Crippen molar-refractivity contribution in [3.8, 4) is 11.5 Å². The van der Waals surface area contributed by atoms with Crippen molar-refractivity contribution in [2.24, 2.45) is 5.10 Å². The molecule has 0 atom stereocenters. The van der Waals surface area contributed by atoms with Crippen molar-refractivity contribution in [1.29, 1.82) is 0 Å². The Morgan fingerprint density at radius 1 is 1.00 bits per heavy atom. The number of halogens is 1. The van der Waals surface area contributed by atoms with Gasteiger partial charge < -0.3 is 9.47 Å². The van der Waals surface area contributed by atoms with Crippen molar-refractivity contribution in [1.82, 2.24) is 9.73 Å². The Morgan fingerprint density at radius 3 is 2.37 bits per heavy atom. The molecule has 10 heteroatoms. The first kappa shape index (κ1) is 29.2. The summed E-state index contributed by atoms with van der Waals surface area (Å²) in [4.78, 5) is 12.8. The number of carbonyl (C=O) groups excluding carboxylic acids is 1. The molecule has 38 heavy (non-hydrogen) atoms. The molecule has 0 aromatic heterocycles. The predicted molar refractivity (Wildman–Crippen MR) is 149 cm³/mol. The lowest BCUT2D eigenvalue weighted by Crippen LogP contribution is -2.39. The van der Waals surface area contributed by atoms with Crippen LogP contribution in [0.1, 0.15) is 37.0 Å². The molecule has 0 bridgehead atoms.